The zero-order valence-corrected chi connectivity index (χ0v) is 11.8. The molecule has 0 saturated heterocycles. The van der Waals surface area contributed by atoms with Crippen LogP contribution in [0.15, 0.2) is 60.8 Å². The van der Waals surface area contributed by atoms with E-state index in [1.807, 2.05) is 30.3 Å². The number of hydrogen-bond acceptors (Lipinski definition) is 4. The molecule has 2 aromatic carbocycles. The molecule has 0 aromatic heterocycles. The van der Waals surface area contributed by atoms with Crippen molar-refractivity contribution >= 4 is 0 Å². The van der Waals surface area contributed by atoms with Crippen molar-refractivity contribution in [3.8, 4) is 17.6 Å². The topological polar surface area (TPSA) is 54.3 Å². The SMILES string of the molecule is C=C(C)NOc1cc(OCc2ccccc2)ccc1C#N. The highest BCUT2D eigenvalue weighted by atomic mass is 16.6. The van der Waals surface area contributed by atoms with Gasteiger partial charge in [-0.15, -0.1) is 0 Å². The van der Waals surface area contributed by atoms with Crippen molar-refractivity contribution in [1.82, 2.24) is 5.48 Å². The van der Waals surface area contributed by atoms with Crippen molar-refractivity contribution in [3.05, 3.63) is 71.9 Å². The van der Waals surface area contributed by atoms with Crippen LogP contribution in [0.1, 0.15) is 18.1 Å². The Morgan fingerprint density at radius 1 is 1.24 bits per heavy atom. The Morgan fingerprint density at radius 3 is 2.67 bits per heavy atom. The molecule has 0 aliphatic heterocycles. The average molecular weight is 280 g/mol. The summed E-state index contributed by atoms with van der Waals surface area (Å²) in [4.78, 5) is 5.33. The zero-order chi connectivity index (χ0) is 15.1. The van der Waals surface area contributed by atoms with Gasteiger partial charge in [0, 0.05) is 11.8 Å². The van der Waals surface area contributed by atoms with Crippen molar-refractivity contribution in [2.24, 2.45) is 0 Å². The summed E-state index contributed by atoms with van der Waals surface area (Å²) in [6.07, 6.45) is 0. The molecule has 0 amide bonds. The van der Waals surface area contributed by atoms with E-state index in [4.69, 9.17) is 14.8 Å². The fraction of sp³-hybridized carbons (Fsp3) is 0.118. The van der Waals surface area contributed by atoms with Gasteiger partial charge in [0.25, 0.3) is 0 Å². The minimum Gasteiger partial charge on any atom is -0.489 e. The van der Waals surface area contributed by atoms with E-state index in [-0.39, 0.29) is 0 Å². The summed E-state index contributed by atoms with van der Waals surface area (Å²) in [5, 5.41) is 9.06. The number of allylic oxidation sites excluding steroid dienone is 1. The molecule has 0 spiro atoms. The Hall–Kier alpha value is -2.93. The second-order valence-electron chi connectivity index (χ2n) is 4.53. The van der Waals surface area contributed by atoms with Gasteiger partial charge < -0.3 is 9.57 Å². The lowest BCUT2D eigenvalue weighted by molar-refractivity contribution is 0.227. The molecule has 0 fully saturated rings. The zero-order valence-electron chi connectivity index (χ0n) is 11.8. The largest absolute Gasteiger partial charge is 0.489 e. The third-order valence-electron chi connectivity index (χ3n) is 2.66. The Bertz CT molecular complexity index is 660. The number of ether oxygens (including phenoxy) is 1. The van der Waals surface area contributed by atoms with Gasteiger partial charge in [-0.1, -0.05) is 36.9 Å². The van der Waals surface area contributed by atoms with Crippen LogP contribution in [0.25, 0.3) is 0 Å². The predicted octanol–water partition coefficient (Wildman–Crippen LogP) is 3.55. The van der Waals surface area contributed by atoms with Gasteiger partial charge in [-0.25, -0.2) is 5.48 Å². The molecule has 1 N–H and O–H groups in total. The average Bonchev–Trinajstić information content (AvgIpc) is 2.52. The van der Waals surface area contributed by atoms with Crippen LogP contribution in [0.5, 0.6) is 11.5 Å². The molecule has 0 atom stereocenters. The summed E-state index contributed by atoms with van der Waals surface area (Å²) in [5.74, 6) is 1.04. The van der Waals surface area contributed by atoms with Crippen molar-refractivity contribution in [2.75, 3.05) is 0 Å². The molecule has 2 aromatic rings. The fourth-order valence-electron chi connectivity index (χ4n) is 1.65. The van der Waals surface area contributed by atoms with Gasteiger partial charge in [0.05, 0.1) is 5.56 Å². The Labute approximate surface area is 124 Å². The molecule has 0 aliphatic rings. The highest BCUT2D eigenvalue weighted by Gasteiger charge is 2.06. The van der Waals surface area contributed by atoms with Gasteiger partial charge in [-0.2, -0.15) is 5.26 Å². The van der Waals surface area contributed by atoms with Crippen molar-refractivity contribution in [1.29, 1.82) is 5.26 Å². The van der Waals surface area contributed by atoms with Crippen LogP contribution in [0.2, 0.25) is 0 Å². The molecule has 0 bridgehead atoms. The van der Waals surface area contributed by atoms with E-state index in [2.05, 4.69) is 18.1 Å². The number of nitrogens with zero attached hydrogens (tertiary/aromatic N) is 1. The smallest absolute Gasteiger partial charge is 0.176 e. The van der Waals surface area contributed by atoms with Crippen LogP contribution >= 0.6 is 0 Å². The highest BCUT2D eigenvalue weighted by molar-refractivity contribution is 5.47. The quantitative estimate of drug-likeness (QED) is 0.822. The van der Waals surface area contributed by atoms with E-state index >= 15 is 0 Å². The number of hydrogen-bond donors (Lipinski definition) is 1. The van der Waals surface area contributed by atoms with E-state index in [1.54, 1.807) is 25.1 Å². The van der Waals surface area contributed by atoms with Gasteiger partial charge in [0.15, 0.2) is 5.75 Å². The molecular weight excluding hydrogens is 264 g/mol. The van der Waals surface area contributed by atoms with Crippen molar-refractivity contribution < 1.29 is 9.57 Å². The first-order chi connectivity index (χ1) is 10.2. The summed E-state index contributed by atoms with van der Waals surface area (Å²) in [5.41, 5.74) is 4.78. The van der Waals surface area contributed by atoms with E-state index < -0.39 is 0 Å². The summed E-state index contributed by atoms with van der Waals surface area (Å²) < 4.78 is 5.70. The van der Waals surface area contributed by atoms with Gasteiger partial charge in [-0.05, 0) is 24.6 Å². The monoisotopic (exact) mass is 280 g/mol. The molecule has 4 nitrogen and oxygen atoms in total. The lowest BCUT2D eigenvalue weighted by atomic mass is 10.2. The summed E-state index contributed by atoms with van der Waals surface area (Å²) >= 11 is 0. The molecule has 0 radical (unpaired) electrons. The fourth-order valence-corrected chi connectivity index (χ4v) is 1.65. The molecule has 4 heteroatoms. The summed E-state index contributed by atoms with van der Waals surface area (Å²) in [7, 11) is 0. The van der Waals surface area contributed by atoms with Crippen molar-refractivity contribution in [2.45, 2.75) is 13.5 Å². The Kier molecular flexibility index (Phi) is 4.84. The van der Waals surface area contributed by atoms with E-state index in [0.29, 0.717) is 29.4 Å². The molecule has 0 unspecified atom stereocenters. The minimum absolute atomic E-state index is 0.408. The maximum absolute atomic E-state index is 9.06. The van der Waals surface area contributed by atoms with Gasteiger partial charge in [-0.3, -0.25) is 0 Å². The maximum Gasteiger partial charge on any atom is 0.176 e. The summed E-state index contributed by atoms with van der Waals surface area (Å²) in [6.45, 7) is 5.90. The maximum atomic E-state index is 9.06. The van der Waals surface area contributed by atoms with Gasteiger partial charge >= 0.3 is 0 Å². The first kappa shape index (κ1) is 14.5. The van der Waals surface area contributed by atoms with Gasteiger partial charge in [0.1, 0.15) is 18.4 Å². The number of hydroxylamine groups is 1. The van der Waals surface area contributed by atoms with Crippen LogP contribution in [0.3, 0.4) is 0 Å². The van der Waals surface area contributed by atoms with Crippen LogP contribution in [-0.4, -0.2) is 0 Å². The molecular formula is C17H16N2O2. The molecule has 106 valence electrons. The van der Waals surface area contributed by atoms with E-state index in [1.165, 1.54) is 0 Å². The standard InChI is InChI=1S/C17H16N2O2/c1-13(2)19-21-17-10-16(9-8-15(17)11-18)20-12-14-6-4-3-5-7-14/h3-10,19H,1,12H2,2H3. The van der Waals surface area contributed by atoms with Crippen LogP contribution < -0.4 is 15.1 Å². The highest BCUT2D eigenvalue weighted by Crippen LogP contribution is 2.24. The molecule has 0 heterocycles. The summed E-state index contributed by atoms with van der Waals surface area (Å²) in [6, 6.07) is 17.0. The third-order valence-corrected chi connectivity index (χ3v) is 2.66. The van der Waals surface area contributed by atoms with Gasteiger partial charge in [0.2, 0.25) is 0 Å². The third kappa shape index (κ3) is 4.29. The minimum atomic E-state index is 0.408. The first-order valence-electron chi connectivity index (χ1n) is 6.48. The number of rotatable bonds is 6. The van der Waals surface area contributed by atoms with Crippen LogP contribution in [-0.2, 0) is 6.61 Å². The molecule has 21 heavy (non-hydrogen) atoms. The lowest BCUT2D eigenvalue weighted by Gasteiger charge is -2.11. The van der Waals surface area contributed by atoms with E-state index in [0.717, 1.165) is 5.56 Å². The molecule has 0 aliphatic carbocycles. The van der Waals surface area contributed by atoms with Crippen molar-refractivity contribution in [3.63, 3.8) is 0 Å². The number of benzene rings is 2. The van der Waals surface area contributed by atoms with E-state index in [9.17, 15) is 0 Å². The normalized spacial score (nSPS) is 9.52. The second kappa shape index (κ2) is 7.01. The Morgan fingerprint density at radius 2 is 2.00 bits per heavy atom. The number of nitriles is 1. The number of nitrogens with one attached hydrogen (secondary N) is 1. The van der Waals surface area contributed by atoms with Crippen LogP contribution in [0.4, 0.5) is 0 Å². The predicted molar refractivity (Wildman–Crippen MR) is 80.5 cm³/mol. The lowest BCUT2D eigenvalue weighted by Crippen LogP contribution is -2.15. The Balaban J connectivity index is 2.08. The molecule has 2 rings (SSSR count). The first-order valence-corrected chi connectivity index (χ1v) is 6.48. The van der Waals surface area contributed by atoms with Crippen LogP contribution in [0, 0.1) is 11.3 Å². The molecule has 0 saturated carbocycles. The second-order valence-corrected chi connectivity index (χ2v) is 4.53.